The average molecular weight is 598 g/mol. The number of nitrogens with one attached hydrogen (secondary N) is 1. The Bertz CT molecular complexity index is 1510. The van der Waals surface area contributed by atoms with E-state index >= 15 is 0 Å². The highest BCUT2D eigenvalue weighted by Crippen LogP contribution is 2.36. The van der Waals surface area contributed by atoms with E-state index in [4.69, 9.17) is 0 Å². The number of imidazole rings is 1. The van der Waals surface area contributed by atoms with Gasteiger partial charge in [-0.3, -0.25) is 4.79 Å². The van der Waals surface area contributed by atoms with Crippen LogP contribution in [0.25, 0.3) is 16.6 Å². The van der Waals surface area contributed by atoms with Crippen LogP contribution in [0.2, 0.25) is 0 Å². The Balaban J connectivity index is 1.34. The third-order valence-electron chi connectivity index (χ3n) is 9.10. The van der Waals surface area contributed by atoms with Gasteiger partial charge in [0.1, 0.15) is 5.82 Å². The first-order valence-corrected chi connectivity index (χ1v) is 17.0. The summed E-state index contributed by atoms with van der Waals surface area (Å²) < 4.78 is 43.3. The fraction of sp³-hybridized carbons (Fsp3) is 0.562. The minimum absolute atomic E-state index is 0.0000939. The maximum Gasteiger partial charge on any atom is 0.254 e. The number of hydrogen-bond acceptors (Lipinski definition) is 5. The fourth-order valence-electron chi connectivity index (χ4n) is 6.76. The molecule has 0 radical (unpaired) electrons. The topological polar surface area (TPSA) is 87.0 Å². The van der Waals surface area contributed by atoms with Crippen molar-refractivity contribution in [2.24, 2.45) is 5.92 Å². The molecule has 8 nitrogen and oxygen atoms in total. The van der Waals surface area contributed by atoms with Gasteiger partial charge in [-0.05, 0) is 108 Å². The lowest BCUT2D eigenvalue weighted by molar-refractivity contribution is 0.0717. The number of amides is 1. The molecule has 1 atom stereocenters. The minimum atomic E-state index is -3.16. The molecule has 1 amide bonds. The first kappa shape index (κ1) is 30.6. The number of carbonyl (C=O) groups is 1. The molecule has 1 aliphatic carbocycles. The van der Waals surface area contributed by atoms with E-state index in [0.29, 0.717) is 23.9 Å². The molecule has 1 saturated carbocycles. The second-order valence-electron chi connectivity index (χ2n) is 12.2. The standard InChI is InChI=1S/C32H44FN5O3S/c1-5-38(22(3)4)32(39)30-16-26(33)9-12-28(30)29-15-25(20-37-21-34-17-31(29)37)24-13-14-36(19-24)18-23-7-10-27(11-8-23)35-42(40,41)6-2/h9,12,15-17,20-24,27,35H,5-8,10-11,13-14,18-19H2,1-4H3. The van der Waals surface area contributed by atoms with Gasteiger partial charge in [-0.25, -0.2) is 22.5 Å². The molecule has 1 aromatic carbocycles. The summed E-state index contributed by atoms with van der Waals surface area (Å²) in [6, 6.07) is 6.75. The van der Waals surface area contributed by atoms with Crippen molar-refractivity contribution in [1.82, 2.24) is 23.9 Å². The number of pyridine rings is 1. The van der Waals surface area contributed by atoms with E-state index in [1.807, 2.05) is 25.2 Å². The molecule has 1 unspecified atom stereocenters. The molecule has 0 spiro atoms. The van der Waals surface area contributed by atoms with Gasteiger partial charge in [0.05, 0.1) is 29.4 Å². The summed E-state index contributed by atoms with van der Waals surface area (Å²) in [5.74, 6) is 0.446. The van der Waals surface area contributed by atoms with Gasteiger partial charge in [0, 0.05) is 43.5 Å². The highest BCUT2D eigenvalue weighted by Gasteiger charge is 2.30. The quantitative estimate of drug-likeness (QED) is 0.343. The Kier molecular flexibility index (Phi) is 9.34. The summed E-state index contributed by atoms with van der Waals surface area (Å²) in [5, 5.41) is 0. The number of aromatic nitrogens is 2. The monoisotopic (exact) mass is 597 g/mol. The normalized spacial score (nSPS) is 21.8. The molecule has 2 aromatic heterocycles. The van der Waals surface area contributed by atoms with Gasteiger partial charge < -0.3 is 14.2 Å². The molecule has 42 heavy (non-hydrogen) atoms. The molecule has 1 saturated heterocycles. The molecule has 1 N–H and O–H groups in total. The van der Waals surface area contributed by atoms with E-state index in [-0.39, 0.29) is 23.7 Å². The predicted octanol–water partition coefficient (Wildman–Crippen LogP) is 5.30. The molecule has 10 heteroatoms. The summed E-state index contributed by atoms with van der Waals surface area (Å²) in [6.07, 6.45) is 10.6. The van der Waals surface area contributed by atoms with Gasteiger partial charge in [0.2, 0.25) is 10.0 Å². The van der Waals surface area contributed by atoms with Crippen molar-refractivity contribution in [3.05, 3.63) is 59.9 Å². The second kappa shape index (κ2) is 12.8. The number of rotatable bonds is 10. The molecule has 2 fully saturated rings. The van der Waals surface area contributed by atoms with Crippen LogP contribution in [0.3, 0.4) is 0 Å². The number of benzene rings is 1. The maximum atomic E-state index is 14.5. The van der Waals surface area contributed by atoms with Gasteiger partial charge in [-0.15, -0.1) is 0 Å². The third-order valence-corrected chi connectivity index (χ3v) is 10.6. The Hall–Kier alpha value is -2.82. The predicted molar refractivity (Wildman–Crippen MR) is 165 cm³/mol. The van der Waals surface area contributed by atoms with Crippen molar-refractivity contribution in [3.8, 4) is 11.1 Å². The van der Waals surface area contributed by atoms with Crippen LogP contribution in [0.4, 0.5) is 4.39 Å². The molecule has 2 aliphatic rings. The summed E-state index contributed by atoms with van der Waals surface area (Å²) in [6.45, 7) is 11.1. The Morgan fingerprint density at radius 1 is 1.12 bits per heavy atom. The van der Waals surface area contributed by atoms with Crippen LogP contribution in [0, 0.1) is 11.7 Å². The Morgan fingerprint density at radius 2 is 1.88 bits per heavy atom. The van der Waals surface area contributed by atoms with Gasteiger partial charge in [0.15, 0.2) is 0 Å². The largest absolute Gasteiger partial charge is 0.336 e. The number of nitrogens with zero attached hydrogens (tertiary/aromatic N) is 4. The number of fused-ring (bicyclic) bond motifs is 1. The van der Waals surface area contributed by atoms with Gasteiger partial charge >= 0.3 is 0 Å². The van der Waals surface area contributed by atoms with Crippen LogP contribution in [0.5, 0.6) is 0 Å². The lowest BCUT2D eigenvalue weighted by Crippen LogP contribution is -2.40. The lowest BCUT2D eigenvalue weighted by atomic mass is 9.86. The zero-order valence-corrected chi connectivity index (χ0v) is 26.0. The zero-order valence-electron chi connectivity index (χ0n) is 25.2. The van der Waals surface area contributed by atoms with Gasteiger partial charge in [-0.1, -0.05) is 6.07 Å². The summed E-state index contributed by atoms with van der Waals surface area (Å²) >= 11 is 0. The molecule has 228 valence electrons. The van der Waals surface area contributed by atoms with E-state index in [1.165, 1.54) is 17.7 Å². The smallest absolute Gasteiger partial charge is 0.254 e. The number of sulfonamides is 1. The summed E-state index contributed by atoms with van der Waals surface area (Å²) in [4.78, 5) is 22.3. The molecule has 3 aromatic rings. The van der Waals surface area contributed by atoms with Crippen LogP contribution >= 0.6 is 0 Å². The van der Waals surface area contributed by atoms with Crippen molar-refractivity contribution in [3.63, 3.8) is 0 Å². The number of likely N-dealkylation sites (tertiary alicyclic amines) is 1. The van der Waals surface area contributed by atoms with E-state index in [0.717, 1.165) is 68.4 Å². The van der Waals surface area contributed by atoms with E-state index in [2.05, 4.69) is 26.9 Å². The van der Waals surface area contributed by atoms with Crippen molar-refractivity contribution < 1.29 is 17.6 Å². The highest BCUT2D eigenvalue weighted by atomic mass is 32.2. The molecule has 1 aliphatic heterocycles. The first-order valence-electron chi connectivity index (χ1n) is 15.4. The minimum Gasteiger partial charge on any atom is -0.336 e. The SMILES string of the molecule is CCN(C(=O)c1cc(F)ccc1-c1cc(C2CCN(CC3CCC(NS(=O)(=O)CC)CC3)C2)cn2cncc12)C(C)C. The van der Waals surface area contributed by atoms with Crippen LogP contribution in [0.1, 0.15) is 81.6 Å². The Morgan fingerprint density at radius 3 is 2.57 bits per heavy atom. The van der Waals surface area contributed by atoms with Crippen LogP contribution in [-0.4, -0.2) is 77.5 Å². The molecule has 3 heterocycles. The van der Waals surface area contributed by atoms with Crippen molar-refractivity contribution in [1.29, 1.82) is 0 Å². The maximum absolute atomic E-state index is 14.5. The van der Waals surface area contributed by atoms with Crippen molar-refractivity contribution in [2.75, 3.05) is 31.9 Å². The van der Waals surface area contributed by atoms with Crippen LogP contribution in [-0.2, 0) is 10.0 Å². The van der Waals surface area contributed by atoms with E-state index in [1.54, 1.807) is 30.4 Å². The van der Waals surface area contributed by atoms with Crippen LogP contribution in [0.15, 0.2) is 43.0 Å². The fourth-order valence-corrected chi connectivity index (χ4v) is 7.67. The van der Waals surface area contributed by atoms with Gasteiger partial charge in [-0.2, -0.15) is 0 Å². The number of carbonyl (C=O) groups excluding carboxylic acids is 1. The van der Waals surface area contributed by atoms with Crippen molar-refractivity contribution >= 4 is 21.4 Å². The van der Waals surface area contributed by atoms with Crippen molar-refractivity contribution in [2.45, 2.75) is 77.8 Å². The van der Waals surface area contributed by atoms with E-state index in [9.17, 15) is 17.6 Å². The van der Waals surface area contributed by atoms with E-state index < -0.39 is 15.8 Å². The van der Waals surface area contributed by atoms with Crippen LogP contribution < -0.4 is 4.72 Å². The Labute approximate surface area is 249 Å². The summed E-state index contributed by atoms with van der Waals surface area (Å²) in [5.41, 5.74) is 4.06. The molecule has 0 bridgehead atoms. The number of hydrogen-bond donors (Lipinski definition) is 1. The first-order chi connectivity index (χ1) is 20.1. The van der Waals surface area contributed by atoms with Gasteiger partial charge in [0.25, 0.3) is 5.91 Å². The molecule has 5 rings (SSSR count). The molecular formula is C32H44FN5O3S. The molecular weight excluding hydrogens is 553 g/mol. The number of halogens is 1. The average Bonchev–Trinajstić information content (AvgIpc) is 3.63. The lowest BCUT2D eigenvalue weighted by Gasteiger charge is -2.31. The zero-order chi connectivity index (χ0) is 30.0. The second-order valence-corrected chi connectivity index (χ2v) is 14.3. The summed E-state index contributed by atoms with van der Waals surface area (Å²) in [7, 11) is -3.16. The highest BCUT2D eigenvalue weighted by molar-refractivity contribution is 7.89. The third kappa shape index (κ3) is 6.71.